The van der Waals surface area contributed by atoms with Crippen LogP contribution in [-0.2, 0) is 27.3 Å². The Labute approximate surface area is 123 Å². The van der Waals surface area contributed by atoms with Gasteiger partial charge in [0, 0.05) is 32.9 Å². The molecule has 0 saturated carbocycles. The van der Waals surface area contributed by atoms with E-state index in [1.807, 2.05) is 0 Å². The molecule has 2 N–H and O–H groups in total. The second-order valence-electron chi connectivity index (χ2n) is 4.70. The topological polar surface area (TPSA) is 106 Å². The molecule has 1 rings (SSSR count). The van der Waals surface area contributed by atoms with Gasteiger partial charge >= 0.3 is 5.97 Å². The lowest BCUT2D eigenvalue weighted by molar-refractivity contribution is -0.137. The van der Waals surface area contributed by atoms with Gasteiger partial charge in [-0.15, -0.1) is 5.10 Å². The number of hydrogen-bond acceptors (Lipinski definition) is 5. The first-order chi connectivity index (χ1) is 10.1. The number of aliphatic carboxylic acids is 1. The number of carbonyl (C=O) groups is 2. The summed E-state index contributed by atoms with van der Waals surface area (Å²) in [5, 5.41) is 19.1. The molecule has 1 aromatic rings. The Morgan fingerprint density at radius 1 is 1.38 bits per heavy atom. The van der Waals surface area contributed by atoms with Crippen molar-refractivity contribution in [1.82, 2.24) is 20.3 Å². The van der Waals surface area contributed by atoms with Crippen molar-refractivity contribution in [1.29, 1.82) is 0 Å². The van der Waals surface area contributed by atoms with Crippen molar-refractivity contribution in [3.8, 4) is 0 Å². The molecular formula is C13H22N4O4. The number of unbranched alkanes of at least 4 members (excludes halogenated alkanes) is 1. The second-order valence-corrected chi connectivity index (χ2v) is 4.70. The van der Waals surface area contributed by atoms with E-state index in [0.717, 1.165) is 18.5 Å². The van der Waals surface area contributed by atoms with Crippen molar-refractivity contribution in [2.45, 2.75) is 38.6 Å². The van der Waals surface area contributed by atoms with Gasteiger partial charge in [-0.05, 0) is 25.7 Å². The Balaban J connectivity index is 2.21. The average molecular weight is 298 g/mol. The van der Waals surface area contributed by atoms with Gasteiger partial charge in [-0.1, -0.05) is 5.21 Å². The lowest BCUT2D eigenvalue weighted by Crippen LogP contribution is -2.29. The number of nitrogens with zero attached hydrogens (tertiary/aromatic N) is 3. The first-order valence-electron chi connectivity index (χ1n) is 6.98. The van der Waals surface area contributed by atoms with Gasteiger partial charge < -0.3 is 15.2 Å². The lowest BCUT2D eigenvalue weighted by atomic mass is 10.1. The molecule has 1 amide bonds. The van der Waals surface area contributed by atoms with Crippen LogP contribution in [0.4, 0.5) is 0 Å². The van der Waals surface area contributed by atoms with Crippen LogP contribution in [0.3, 0.4) is 0 Å². The third kappa shape index (κ3) is 8.03. The maximum atomic E-state index is 11.6. The van der Waals surface area contributed by atoms with Crippen LogP contribution < -0.4 is 5.32 Å². The first kappa shape index (κ1) is 17.1. The summed E-state index contributed by atoms with van der Waals surface area (Å²) in [7, 11) is 1.62. The summed E-state index contributed by atoms with van der Waals surface area (Å²) in [6, 6.07) is 0. The molecule has 0 aromatic carbocycles. The summed E-state index contributed by atoms with van der Waals surface area (Å²) >= 11 is 0. The number of amides is 1. The molecule has 0 aliphatic heterocycles. The van der Waals surface area contributed by atoms with Crippen molar-refractivity contribution in [2.24, 2.45) is 0 Å². The molecule has 0 fully saturated rings. The van der Waals surface area contributed by atoms with Crippen LogP contribution in [0.5, 0.6) is 0 Å². The van der Waals surface area contributed by atoms with Crippen LogP contribution in [0.1, 0.15) is 31.4 Å². The zero-order chi connectivity index (χ0) is 15.5. The zero-order valence-electron chi connectivity index (χ0n) is 12.2. The number of ether oxygens (including phenoxy) is 1. The van der Waals surface area contributed by atoms with Gasteiger partial charge in [-0.2, -0.15) is 0 Å². The minimum atomic E-state index is -0.788. The molecule has 21 heavy (non-hydrogen) atoms. The number of hydrogen-bond donors (Lipinski definition) is 2. The van der Waals surface area contributed by atoms with Gasteiger partial charge in [0.1, 0.15) is 6.54 Å². The Morgan fingerprint density at radius 2 is 2.19 bits per heavy atom. The molecule has 118 valence electrons. The van der Waals surface area contributed by atoms with E-state index < -0.39 is 5.97 Å². The minimum absolute atomic E-state index is 0.117. The summed E-state index contributed by atoms with van der Waals surface area (Å²) in [4.78, 5) is 22.0. The highest BCUT2D eigenvalue weighted by Crippen LogP contribution is 2.03. The van der Waals surface area contributed by atoms with Gasteiger partial charge in [-0.3, -0.25) is 9.59 Å². The molecule has 0 bridgehead atoms. The maximum absolute atomic E-state index is 11.6. The molecule has 0 radical (unpaired) electrons. The zero-order valence-corrected chi connectivity index (χ0v) is 12.2. The highest BCUT2D eigenvalue weighted by molar-refractivity contribution is 5.75. The average Bonchev–Trinajstić information content (AvgIpc) is 2.87. The summed E-state index contributed by atoms with van der Waals surface area (Å²) in [6.45, 7) is 1.32. The van der Waals surface area contributed by atoms with Crippen LogP contribution in [0.25, 0.3) is 0 Å². The van der Waals surface area contributed by atoms with E-state index in [0.29, 0.717) is 26.0 Å². The van der Waals surface area contributed by atoms with Crippen LogP contribution in [0.15, 0.2) is 6.20 Å². The molecular weight excluding hydrogens is 276 g/mol. The van der Waals surface area contributed by atoms with Gasteiger partial charge in [0.2, 0.25) is 5.91 Å². The minimum Gasteiger partial charge on any atom is -0.481 e. The van der Waals surface area contributed by atoms with Crippen molar-refractivity contribution in [2.75, 3.05) is 20.3 Å². The molecule has 1 aromatic heterocycles. The normalized spacial score (nSPS) is 10.5. The van der Waals surface area contributed by atoms with E-state index in [4.69, 9.17) is 9.84 Å². The number of carboxylic acids is 1. The number of methoxy groups -OCH3 is 1. The van der Waals surface area contributed by atoms with E-state index in [9.17, 15) is 9.59 Å². The lowest BCUT2D eigenvalue weighted by Gasteiger charge is -2.04. The molecule has 0 saturated heterocycles. The highest BCUT2D eigenvalue weighted by atomic mass is 16.5. The summed E-state index contributed by atoms with van der Waals surface area (Å²) in [6.07, 6.45) is 4.68. The summed E-state index contributed by atoms with van der Waals surface area (Å²) in [5.41, 5.74) is 0.771. The number of nitrogens with one attached hydrogen (secondary N) is 1. The Hall–Kier alpha value is -1.96. The van der Waals surface area contributed by atoms with Gasteiger partial charge in [-0.25, -0.2) is 4.68 Å². The SMILES string of the molecule is COCCCNC(=O)Cn1cc(CCCCC(=O)O)nn1. The number of carbonyl (C=O) groups excluding carboxylic acids is 1. The Kier molecular flexibility index (Phi) is 8.03. The predicted octanol–water partition coefficient (Wildman–Crippen LogP) is 0.228. The third-order valence-corrected chi connectivity index (χ3v) is 2.81. The second kappa shape index (κ2) is 9.87. The monoisotopic (exact) mass is 298 g/mol. The maximum Gasteiger partial charge on any atom is 0.303 e. The quantitative estimate of drug-likeness (QED) is 0.566. The molecule has 0 spiro atoms. The van der Waals surface area contributed by atoms with E-state index in [1.54, 1.807) is 13.3 Å². The molecule has 0 aliphatic rings. The van der Waals surface area contributed by atoms with Crippen molar-refractivity contribution in [3.63, 3.8) is 0 Å². The van der Waals surface area contributed by atoms with Crippen LogP contribution in [0, 0.1) is 0 Å². The van der Waals surface area contributed by atoms with Crippen LogP contribution in [-0.4, -0.2) is 52.2 Å². The molecule has 1 heterocycles. The molecule has 0 aliphatic carbocycles. The Morgan fingerprint density at radius 3 is 2.90 bits per heavy atom. The highest BCUT2D eigenvalue weighted by Gasteiger charge is 2.06. The fraction of sp³-hybridized carbons (Fsp3) is 0.692. The van der Waals surface area contributed by atoms with Gasteiger partial charge in [0.25, 0.3) is 0 Å². The van der Waals surface area contributed by atoms with Crippen molar-refractivity contribution < 1.29 is 19.4 Å². The fourth-order valence-electron chi connectivity index (χ4n) is 1.76. The number of carboxylic acid groups (broad SMARTS) is 1. The smallest absolute Gasteiger partial charge is 0.303 e. The van der Waals surface area contributed by atoms with E-state index in [-0.39, 0.29) is 18.9 Å². The van der Waals surface area contributed by atoms with Crippen molar-refractivity contribution in [3.05, 3.63) is 11.9 Å². The first-order valence-corrected chi connectivity index (χ1v) is 6.98. The number of aryl methyl sites for hydroxylation is 1. The fourth-order valence-corrected chi connectivity index (χ4v) is 1.76. The molecule has 0 atom stereocenters. The van der Waals surface area contributed by atoms with Gasteiger partial charge in [0.05, 0.1) is 5.69 Å². The molecule has 8 heteroatoms. The predicted molar refractivity (Wildman–Crippen MR) is 74.7 cm³/mol. The Bertz CT molecular complexity index is 447. The third-order valence-electron chi connectivity index (χ3n) is 2.81. The summed E-state index contributed by atoms with van der Waals surface area (Å²) < 4.78 is 6.38. The molecule has 8 nitrogen and oxygen atoms in total. The number of aromatic nitrogens is 3. The standard InChI is InChI=1S/C13H22N4O4/c1-21-8-4-7-14-12(18)10-17-9-11(15-16-17)5-2-3-6-13(19)20/h9H,2-8,10H2,1H3,(H,14,18)(H,19,20). The van der Waals surface area contributed by atoms with Crippen molar-refractivity contribution >= 4 is 11.9 Å². The largest absolute Gasteiger partial charge is 0.481 e. The number of rotatable bonds is 11. The van der Waals surface area contributed by atoms with Gasteiger partial charge in [0.15, 0.2) is 0 Å². The van der Waals surface area contributed by atoms with Crippen LogP contribution in [0.2, 0.25) is 0 Å². The summed E-state index contributed by atoms with van der Waals surface area (Å²) in [5.74, 6) is -0.905. The van der Waals surface area contributed by atoms with E-state index in [2.05, 4.69) is 15.6 Å². The van der Waals surface area contributed by atoms with Crippen LogP contribution >= 0.6 is 0 Å². The van der Waals surface area contributed by atoms with E-state index >= 15 is 0 Å². The van der Waals surface area contributed by atoms with E-state index in [1.165, 1.54) is 4.68 Å². The molecule has 0 unspecified atom stereocenters.